The Labute approximate surface area is 98.8 Å². The number of benzene rings is 1. The summed E-state index contributed by atoms with van der Waals surface area (Å²) in [5, 5.41) is 12.3. The first-order valence-electron chi connectivity index (χ1n) is 5.10. The summed E-state index contributed by atoms with van der Waals surface area (Å²) in [6, 6.07) is 7.11. The van der Waals surface area contributed by atoms with E-state index in [1.807, 2.05) is 17.0 Å². The van der Waals surface area contributed by atoms with Gasteiger partial charge in [0.15, 0.2) is 0 Å². The molecular formula is C11H13ClN2O2. The first-order chi connectivity index (χ1) is 7.65. The maximum atomic E-state index is 11.6. The van der Waals surface area contributed by atoms with Crippen LogP contribution in [0, 0.1) is 0 Å². The number of anilines is 1. The lowest BCUT2D eigenvalue weighted by molar-refractivity contribution is -0.119. The molecule has 0 saturated carbocycles. The molecule has 1 amide bonds. The molecular weight excluding hydrogens is 228 g/mol. The van der Waals surface area contributed by atoms with Gasteiger partial charge < -0.3 is 10.4 Å². The van der Waals surface area contributed by atoms with Gasteiger partial charge >= 0.3 is 0 Å². The number of amides is 1. The van der Waals surface area contributed by atoms with Crippen LogP contribution in [0.2, 0.25) is 5.02 Å². The van der Waals surface area contributed by atoms with Crippen LogP contribution in [0.1, 0.15) is 0 Å². The fourth-order valence-corrected chi connectivity index (χ4v) is 1.81. The van der Waals surface area contributed by atoms with Crippen molar-refractivity contribution in [2.24, 2.45) is 0 Å². The maximum Gasteiger partial charge on any atom is 0.238 e. The minimum Gasteiger partial charge on any atom is -0.390 e. The van der Waals surface area contributed by atoms with E-state index in [2.05, 4.69) is 5.32 Å². The second-order valence-electron chi connectivity index (χ2n) is 3.88. The Morgan fingerprint density at radius 1 is 1.50 bits per heavy atom. The predicted octanol–water partition coefficient (Wildman–Crippen LogP) is 0.955. The van der Waals surface area contributed by atoms with E-state index in [-0.39, 0.29) is 12.0 Å². The van der Waals surface area contributed by atoms with Gasteiger partial charge in [-0.1, -0.05) is 23.7 Å². The number of aliphatic hydroxyl groups excluding tert-OH is 1. The first-order valence-corrected chi connectivity index (χ1v) is 5.48. The number of carbonyl (C=O) groups is 1. The van der Waals surface area contributed by atoms with Gasteiger partial charge in [0.25, 0.3) is 0 Å². The summed E-state index contributed by atoms with van der Waals surface area (Å²) in [7, 11) is 0. The number of aliphatic hydroxyl groups is 1. The highest BCUT2D eigenvalue weighted by atomic mass is 35.5. The molecule has 16 heavy (non-hydrogen) atoms. The smallest absolute Gasteiger partial charge is 0.238 e. The van der Waals surface area contributed by atoms with Crippen molar-refractivity contribution in [1.29, 1.82) is 0 Å². The lowest BCUT2D eigenvalue weighted by Gasteiger charge is -2.35. The average Bonchev–Trinajstić information content (AvgIpc) is 2.19. The highest BCUT2D eigenvalue weighted by Gasteiger charge is 2.25. The zero-order valence-corrected chi connectivity index (χ0v) is 9.44. The van der Waals surface area contributed by atoms with Crippen LogP contribution in [-0.4, -0.2) is 41.7 Å². The van der Waals surface area contributed by atoms with Gasteiger partial charge in [0.1, 0.15) is 0 Å². The molecule has 0 unspecified atom stereocenters. The summed E-state index contributed by atoms with van der Waals surface area (Å²) < 4.78 is 0. The van der Waals surface area contributed by atoms with Gasteiger partial charge in [-0.25, -0.2) is 0 Å². The van der Waals surface area contributed by atoms with Crippen molar-refractivity contribution in [2.45, 2.75) is 6.10 Å². The number of halogens is 1. The van der Waals surface area contributed by atoms with Crippen LogP contribution in [0.5, 0.6) is 0 Å². The van der Waals surface area contributed by atoms with Gasteiger partial charge in [0, 0.05) is 13.1 Å². The quantitative estimate of drug-likeness (QED) is 0.827. The van der Waals surface area contributed by atoms with Crippen LogP contribution < -0.4 is 5.32 Å². The van der Waals surface area contributed by atoms with Crippen molar-refractivity contribution in [1.82, 2.24) is 4.90 Å². The van der Waals surface area contributed by atoms with Crippen molar-refractivity contribution in [2.75, 3.05) is 25.0 Å². The zero-order chi connectivity index (χ0) is 11.5. The summed E-state index contributed by atoms with van der Waals surface area (Å²) >= 11 is 5.91. The summed E-state index contributed by atoms with van der Waals surface area (Å²) in [4.78, 5) is 13.5. The summed E-state index contributed by atoms with van der Waals surface area (Å²) in [5.41, 5.74) is 0.621. The van der Waals surface area contributed by atoms with Crippen LogP contribution in [0.3, 0.4) is 0 Å². The number of nitrogens with one attached hydrogen (secondary N) is 1. The van der Waals surface area contributed by atoms with E-state index < -0.39 is 0 Å². The molecule has 2 rings (SSSR count). The highest BCUT2D eigenvalue weighted by molar-refractivity contribution is 6.33. The fraction of sp³-hybridized carbons (Fsp3) is 0.364. The average molecular weight is 241 g/mol. The van der Waals surface area contributed by atoms with Crippen LogP contribution in [0.15, 0.2) is 24.3 Å². The number of nitrogens with zero attached hydrogens (tertiary/aromatic N) is 1. The highest BCUT2D eigenvalue weighted by Crippen LogP contribution is 2.20. The van der Waals surface area contributed by atoms with Crippen molar-refractivity contribution < 1.29 is 9.90 Å². The molecule has 5 heteroatoms. The molecule has 0 aromatic heterocycles. The van der Waals surface area contributed by atoms with E-state index in [9.17, 15) is 4.79 Å². The molecule has 0 spiro atoms. The van der Waals surface area contributed by atoms with Crippen molar-refractivity contribution in [3.63, 3.8) is 0 Å². The number of para-hydroxylation sites is 1. The summed E-state index contributed by atoms with van der Waals surface area (Å²) in [6.45, 7) is 1.42. The molecule has 1 aromatic rings. The summed E-state index contributed by atoms with van der Waals surface area (Å²) in [5.74, 6) is -0.111. The van der Waals surface area contributed by atoms with Gasteiger partial charge in [-0.2, -0.15) is 0 Å². The predicted molar refractivity (Wildman–Crippen MR) is 62.5 cm³/mol. The van der Waals surface area contributed by atoms with E-state index in [4.69, 9.17) is 16.7 Å². The Balaban J connectivity index is 1.85. The minimum atomic E-state index is -0.284. The molecule has 1 aliphatic rings. The van der Waals surface area contributed by atoms with Crippen molar-refractivity contribution in [3.05, 3.63) is 29.3 Å². The Bertz CT molecular complexity index is 391. The molecule has 86 valence electrons. The molecule has 0 atom stereocenters. The summed E-state index contributed by atoms with van der Waals surface area (Å²) in [6.07, 6.45) is -0.284. The van der Waals surface area contributed by atoms with Crippen LogP contribution in [0.4, 0.5) is 5.69 Å². The van der Waals surface area contributed by atoms with Gasteiger partial charge in [-0.05, 0) is 12.1 Å². The lowest BCUT2D eigenvalue weighted by atomic mass is 10.2. The molecule has 2 N–H and O–H groups in total. The second-order valence-corrected chi connectivity index (χ2v) is 4.28. The second kappa shape index (κ2) is 4.82. The number of carbonyl (C=O) groups excluding carboxylic acids is 1. The Morgan fingerprint density at radius 3 is 2.81 bits per heavy atom. The molecule has 1 saturated heterocycles. The van der Waals surface area contributed by atoms with Crippen molar-refractivity contribution >= 4 is 23.2 Å². The standard InChI is InChI=1S/C11H13ClN2O2/c12-9-3-1-2-4-10(9)13-11(16)7-14-5-8(15)6-14/h1-4,8,15H,5-7H2,(H,13,16). The Kier molecular flexibility index (Phi) is 3.43. The molecule has 0 aliphatic carbocycles. The van der Waals surface area contributed by atoms with E-state index in [1.165, 1.54) is 0 Å². The number of β-amino-alcohol motifs (C(OH)–C–C–N with tert-alkyl or cyclic N) is 1. The number of rotatable bonds is 3. The van der Waals surface area contributed by atoms with Crippen LogP contribution in [-0.2, 0) is 4.79 Å². The topological polar surface area (TPSA) is 52.6 Å². The molecule has 1 aliphatic heterocycles. The van der Waals surface area contributed by atoms with Crippen molar-refractivity contribution in [3.8, 4) is 0 Å². The third-order valence-electron chi connectivity index (χ3n) is 2.45. The largest absolute Gasteiger partial charge is 0.390 e. The number of hydrogen-bond donors (Lipinski definition) is 2. The van der Waals surface area contributed by atoms with Gasteiger partial charge in [0.05, 0.1) is 23.4 Å². The molecule has 0 bridgehead atoms. The van der Waals surface area contributed by atoms with E-state index in [0.29, 0.717) is 30.3 Å². The van der Waals surface area contributed by atoms with E-state index in [1.54, 1.807) is 12.1 Å². The molecule has 4 nitrogen and oxygen atoms in total. The first kappa shape index (κ1) is 11.4. The van der Waals surface area contributed by atoms with E-state index >= 15 is 0 Å². The number of likely N-dealkylation sites (tertiary alicyclic amines) is 1. The molecule has 1 fully saturated rings. The van der Waals surface area contributed by atoms with Gasteiger partial charge in [-0.15, -0.1) is 0 Å². The minimum absolute atomic E-state index is 0.111. The van der Waals surface area contributed by atoms with Crippen LogP contribution >= 0.6 is 11.6 Å². The lowest BCUT2D eigenvalue weighted by Crippen LogP contribution is -2.53. The zero-order valence-electron chi connectivity index (χ0n) is 8.69. The Morgan fingerprint density at radius 2 is 2.19 bits per heavy atom. The number of hydrogen-bond acceptors (Lipinski definition) is 3. The van der Waals surface area contributed by atoms with Gasteiger partial charge in [0.2, 0.25) is 5.91 Å². The SMILES string of the molecule is O=C(CN1CC(O)C1)Nc1ccccc1Cl. The fourth-order valence-electron chi connectivity index (χ4n) is 1.63. The normalized spacial score (nSPS) is 16.9. The third-order valence-corrected chi connectivity index (χ3v) is 2.78. The molecule has 1 aromatic carbocycles. The van der Waals surface area contributed by atoms with E-state index in [0.717, 1.165) is 0 Å². The molecule has 0 radical (unpaired) electrons. The third kappa shape index (κ3) is 2.72. The van der Waals surface area contributed by atoms with Gasteiger partial charge in [-0.3, -0.25) is 9.69 Å². The monoisotopic (exact) mass is 240 g/mol. The Hall–Kier alpha value is -1.10. The maximum absolute atomic E-state index is 11.6. The van der Waals surface area contributed by atoms with Crippen LogP contribution in [0.25, 0.3) is 0 Å². The molecule has 1 heterocycles.